The normalized spacial score (nSPS) is 10.6. The number of aromatic nitrogens is 2. The van der Waals surface area contributed by atoms with E-state index >= 15 is 0 Å². The number of nitrogens with zero attached hydrogens (tertiary/aromatic N) is 2. The van der Waals surface area contributed by atoms with Gasteiger partial charge in [0.25, 0.3) is 5.89 Å². The van der Waals surface area contributed by atoms with Crippen LogP contribution in [0.4, 0.5) is 5.69 Å². The first-order chi connectivity index (χ1) is 9.54. The van der Waals surface area contributed by atoms with Gasteiger partial charge in [0.15, 0.2) is 5.82 Å². The van der Waals surface area contributed by atoms with Crippen LogP contribution >= 0.6 is 27.5 Å². The number of aryl methyl sites for hydroxylation is 1. The number of benzene rings is 1. The lowest BCUT2D eigenvalue weighted by Crippen LogP contribution is -2.18. The summed E-state index contributed by atoms with van der Waals surface area (Å²) < 4.78 is 10.9. The van der Waals surface area contributed by atoms with Crippen LogP contribution in [0, 0.1) is 6.92 Å². The Kier molecular flexibility index (Phi) is 5.11. The third-order valence-corrected chi connectivity index (χ3v) is 3.04. The van der Waals surface area contributed by atoms with Crippen molar-refractivity contribution >= 4 is 39.1 Å². The van der Waals surface area contributed by atoms with Crippen molar-refractivity contribution in [1.82, 2.24) is 10.1 Å². The maximum atomic E-state index is 11.7. The highest BCUT2D eigenvalue weighted by molar-refractivity contribution is 9.10. The number of hydrogen-bond acceptors (Lipinski definition) is 5. The van der Waals surface area contributed by atoms with Crippen molar-refractivity contribution in [2.24, 2.45) is 0 Å². The molecule has 20 heavy (non-hydrogen) atoms. The Morgan fingerprint density at radius 3 is 3.00 bits per heavy atom. The molecule has 106 valence electrons. The fourth-order valence-electron chi connectivity index (χ4n) is 1.41. The van der Waals surface area contributed by atoms with Crippen molar-refractivity contribution in [2.45, 2.75) is 13.5 Å². The van der Waals surface area contributed by atoms with Crippen LogP contribution < -0.4 is 5.32 Å². The Balaban J connectivity index is 1.80. The average molecular weight is 361 g/mol. The molecule has 0 aliphatic rings. The predicted molar refractivity (Wildman–Crippen MR) is 76.5 cm³/mol. The number of hydrogen-bond donors (Lipinski definition) is 1. The van der Waals surface area contributed by atoms with Gasteiger partial charge in [0.1, 0.15) is 13.2 Å². The maximum Gasteiger partial charge on any atom is 0.252 e. The number of anilines is 1. The highest BCUT2D eigenvalue weighted by Gasteiger charge is 2.08. The van der Waals surface area contributed by atoms with Gasteiger partial charge in [-0.2, -0.15) is 4.98 Å². The number of rotatable bonds is 5. The van der Waals surface area contributed by atoms with Crippen molar-refractivity contribution in [3.8, 4) is 0 Å². The van der Waals surface area contributed by atoms with E-state index in [9.17, 15) is 4.79 Å². The van der Waals surface area contributed by atoms with Gasteiger partial charge in [0, 0.05) is 4.47 Å². The molecule has 1 N–H and O–H groups in total. The van der Waals surface area contributed by atoms with Crippen molar-refractivity contribution in [2.75, 3.05) is 11.9 Å². The fourth-order valence-corrected chi connectivity index (χ4v) is 2.13. The number of carbonyl (C=O) groups is 1. The first-order valence-corrected chi connectivity index (χ1v) is 6.83. The van der Waals surface area contributed by atoms with Crippen LogP contribution in [0.1, 0.15) is 11.7 Å². The van der Waals surface area contributed by atoms with Crippen molar-refractivity contribution < 1.29 is 14.1 Å². The summed E-state index contributed by atoms with van der Waals surface area (Å²) in [4.78, 5) is 15.6. The molecular weight excluding hydrogens is 350 g/mol. The average Bonchev–Trinajstić information content (AvgIpc) is 2.79. The summed E-state index contributed by atoms with van der Waals surface area (Å²) in [6, 6.07) is 5.18. The molecule has 0 unspecified atom stereocenters. The molecule has 0 bridgehead atoms. The zero-order valence-corrected chi connectivity index (χ0v) is 12.9. The smallest absolute Gasteiger partial charge is 0.252 e. The minimum absolute atomic E-state index is 0.0856. The molecular formula is C12H11BrClN3O3. The monoisotopic (exact) mass is 359 g/mol. The molecule has 0 saturated carbocycles. The summed E-state index contributed by atoms with van der Waals surface area (Å²) in [5.74, 6) is 0.539. The lowest BCUT2D eigenvalue weighted by atomic mass is 10.3. The van der Waals surface area contributed by atoms with Gasteiger partial charge in [-0.15, -0.1) is 0 Å². The van der Waals surface area contributed by atoms with Crippen LogP contribution in [0.2, 0.25) is 5.02 Å². The van der Waals surface area contributed by atoms with Gasteiger partial charge in [-0.1, -0.05) is 32.7 Å². The molecule has 0 aliphatic heterocycles. The lowest BCUT2D eigenvalue weighted by Gasteiger charge is -2.07. The van der Waals surface area contributed by atoms with Gasteiger partial charge in [-0.3, -0.25) is 4.79 Å². The fraction of sp³-hybridized carbons (Fsp3) is 0.250. The summed E-state index contributed by atoms with van der Waals surface area (Å²) in [5.41, 5.74) is 0.525. The molecule has 0 fully saturated rings. The summed E-state index contributed by atoms with van der Waals surface area (Å²) in [7, 11) is 0. The molecule has 0 aliphatic carbocycles. The molecule has 2 rings (SSSR count). The molecule has 0 spiro atoms. The van der Waals surface area contributed by atoms with Crippen LogP contribution in [0.25, 0.3) is 0 Å². The first kappa shape index (κ1) is 15.0. The van der Waals surface area contributed by atoms with Gasteiger partial charge in [-0.25, -0.2) is 0 Å². The second kappa shape index (κ2) is 6.83. The Bertz CT molecular complexity index is 618. The third kappa shape index (κ3) is 4.29. The zero-order valence-electron chi connectivity index (χ0n) is 10.5. The van der Waals surface area contributed by atoms with Crippen molar-refractivity contribution in [3.05, 3.63) is 39.4 Å². The van der Waals surface area contributed by atoms with Gasteiger partial charge in [-0.05, 0) is 25.1 Å². The third-order valence-electron chi connectivity index (χ3n) is 2.23. The van der Waals surface area contributed by atoms with Crippen LogP contribution in [0.15, 0.2) is 27.2 Å². The zero-order chi connectivity index (χ0) is 14.5. The van der Waals surface area contributed by atoms with Crippen LogP contribution in [-0.2, 0) is 16.1 Å². The van der Waals surface area contributed by atoms with Gasteiger partial charge in [0.05, 0.1) is 10.7 Å². The van der Waals surface area contributed by atoms with E-state index in [-0.39, 0.29) is 19.1 Å². The topological polar surface area (TPSA) is 77.2 Å². The van der Waals surface area contributed by atoms with Crippen LogP contribution in [0.5, 0.6) is 0 Å². The summed E-state index contributed by atoms with van der Waals surface area (Å²) >= 11 is 9.27. The molecule has 6 nitrogen and oxygen atoms in total. The highest BCUT2D eigenvalue weighted by Crippen LogP contribution is 2.25. The van der Waals surface area contributed by atoms with Gasteiger partial charge >= 0.3 is 0 Å². The largest absolute Gasteiger partial charge is 0.362 e. The summed E-state index contributed by atoms with van der Waals surface area (Å²) in [6.07, 6.45) is 0. The number of halogens is 2. The van der Waals surface area contributed by atoms with E-state index in [1.807, 2.05) is 0 Å². The Morgan fingerprint density at radius 2 is 2.35 bits per heavy atom. The second-order valence-corrected chi connectivity index (χ2v) is 5.22. The SMILES string of the molecule is Cc1noc(COCC(=O)Nc2ccc(Br)cc2Cl)n1. The lowest BCUT2D eigenvalue weighted by molar-refractivity contribution is -0.121. The van der Waals surface area contributed by atoms with Crippen molar-refractivity contribution in [3.63, 3.8) is 0 Å². The Morgan fingerprint density at radius 1 is 1.55 bits per heavy atom. The van der Waals surface area contributed by atoms with E-state index in [2.05, 4.69) is 31.4 Å². The second-order valence-electron chi connectivity index (χ2n) is 3.90. The Labute approximate surface area is 128 Å². The van der Waals surface area contributed by atoms with E-state index in [0.717, 1.165) is 4.47 Å². The summed E-state index contributed by atoms with van der Waals surface area (Å²) in [6.45, 7) is 1.66. The van der Waals surface area contributed by atoms with Crippen LogP contribution in [-0.4, -0.2) is 22.7 Å². The minimum atomic E-state index is -0.314. The quantitative estimate of drug-likeness (QED) is 0.887. The van der Waals surface area contributed by atoms with E-state index < -0.39 is 0 Å². The van der Waals surface area contributed by atoms with E-state index in [4.69, 9.17) is 20.9 Å². The van der Waals surface area contributed by atoms with Gasteiger partial charge in [0.2, 0.25) is 5.91 Å². The predicted octanol–water partition coefficient (Wildman–Crippen LogP) is 2.95. The van der Waals surface area contributed by atoms with E-state index in [0.29, 0.717) is 22.4 Å². The minimum Gasteiger partial charge on any atom is -0.362 e. The maximum absolute atomic E-state index is 11.7. The molecule has 1 amide bonds. The standard InChI is InChI=1S/C12H11BrClN3O3/c1-7-15-12(20-17-7)6-19-5-11(18)16-10-3-2-8(13)4-9(10)14/h2-4H,5-6H2,1H3,(H,16,18). The molecule has 2 aromatic rings. The summed E-state index contributed by atoms with van der Waals surface area (Å²) in [5, 5.41) is 6.70. The number of amides is 1. The number of nitrogens with one attached hydrogen (secondary N) is 1. The van der Waals surface area contributed by atoms with Gasteiger partial charge < -0.3 is 14.6 Å². The molecule has 1 aromatic carbocycles. The van der Waals surface area contributed by atoms with E-state index in [1.165, 1.54) is 0 Å². The first-order valence-electron chi connectivity index (χ1n) is 5.66. The molecule has 1 heterocycles. The molecule has 8 heteroatoms. The Hall–Kier alpha value is -1.44. The number of carbonyl (C=O) groups excluding carboxylic acids is 1. The molecule has 0 atom stereocenters. The molecule has 0 saturated heterocycles. The number of ether oxygens (including phenoxy) is 1. The highest BCUT2D eigenvalue weighted by atomic mass is 79.9. The van der Waals surface area contributed by atoms with Crippen molar-refractivity contribution in [1.29, 1.82) is 0 Å². The molecule has 0 radical (unpaired) electrons. The van der Waals surface area contributed by atoms with E-state index in [1.54, 1.807) is 25.1 Å². The molecule has 1 aromatic heterocycles. The van der Waals surface area contributed by atoms with Crippen LogP contribution in [0.3, 0.4) is 0 Å².